The Morgan fingerprint density at radius 2 is 2.03 bits per heavy atom. The molecule has 0 unspecified atom stereocenters. The second-order valence-electron chi connectivity index (χ2n) is 9.11. The number of rotatable bonds is 7. The molecule has 10 nitrogen and oxygen atoms in total. The van der Waals surface area contributed by atoms with E-state index in [4.69, 9.17) is 0 Å². The number of para-hydroxylation sites is 2. The molecule has 37 heavy (non-hydrogen) atoms. The number of imidazole rings is 1. The van der Waals surface area contributed by atoms with Crippen LogP contribution in [0.25, 0.3) is 11.0 Å². The maximum atomic E-state index is 13.1. The SMILES string of the molecule is O=C(CSc1nc2ccccc2[nH]1)N[C@@H]1C(=O)N2C(C(=O)O)=C(C(=C3CCNC3=O)C3CC3)CS[C@H]12.[NaH]. The molecule has 3 fully saturated rings. The Labute approximate surface area is 242 Å². The van der Waals surface area contributed by atoms with Crippen molar-refractivity contribution < 1.29 is 24.3 Å². The number of H-pyrrole nitrogens is 1. The summed E-state index contributed by atoms with van der Waals surface area (Å²) in [4.78, 5) is 59.3. The first-order chi connectivity index (χ1) is 17.4. The summed E-state index contributed by atoms with van der Waals surface area (Å²) in [5, 5.41) is 15.8. The molecule has 2 atom stereocenters. The summed E-state index contributed by atoms with van der Waals surface area (Å²) in [5.74, 6) is -1.50. The van der Waals surface area contributed by atoms with Gasteiger partial charge in [-0.05, 0) is 48.5 Å². The number of nitrogens with zero attached hydrogens (tertiary/aromatic N) is 2. The van der Waals surface area contributed by atoms with Crippen molar-refractivity contribution in [1.29, 1.82) is 0 Å². The zero-order valence-electron chi connectivity index (χ0n) is 19.1. The molecule has 1 aromatic heterocycles. The normalized spacial score (nSPS) is 24.3. The maximum absolute atomic E-state index is 13.1. The van der Waals surface area contributed by atoms with Crippen LogP contribution in [0.1, 0.15) is 19.3 Å². The number of carboxylic acids is 1. The van der Waals surface area contributed by atoms with Crippen molar-refractivity contribution >= 4 is 87.8 Å². The van der Waals surface area contributed by atoms with Crippen LogP contribution in [0.2, 0.25) is 0 Å². The fraction of sp³-hybridized carbons (Fsp3) is 0.375. The predicted octanol–water partition coefficient (Wildman–Crippen LogP) is 0.972. The first kappa shape index (κ1) is 26.4. The Balaban J connectivity index is 0.00000280. The molecule has 3 aliphatic heterocycles. The number of aromatic amines is 1. The molecule has 0 bridgehead atoms. The molecule has 4 N–H and O–H groups in total. The number of benzene rings is 1. The fourth-order valence-corrected chi connectivity index (χ4v) is 7.06. The van der Waals surface area contributed by atoms with E-state index in [1.165, 1.54) is 28.4 Å². The first-order valence-electron chi connectivity index (χ1n) is 11.7. The van der Waals surface area contributed by atoms with Crippen LogP contribution in [-0.4, -0.2) is 103 Å². The Morgan fingerprint density at radius 3 is 2.70 bits per heavy atom. The molecule has 4 heterocycles. The van der Waals surface area contributed by atoms with E-state index >= 15 is 0 Å². The number of nitrogens with one attached hydrogen (secondary N) is 3. The summed E-state index contributed by atoms with van der Waals surface area (Å²) in [5.41, 5.74) is 3.64. The van der Waals surface area contributed by atoms with Gasteiger partial charge in [0.15, 0.2) is 5.16 Å². The van der Waals surface area contributed by atoms with Gasteiger partial charge in [0.1, 0.15) is 17.1 Å². The van der Waals surface area contributed by atoms with Crippen molar-refractivity contribution in [2.75, 3.05) is 18.1 Å². The summed E-state index contributed by atoms with van der Waals surface area (Å²) < 4.78 is 0. The van der Waals surface area contributed by atoms with Crippen molar-refractivity contribution in [3.05, 3.63) is 46.7 Å². The molecule has 6 rings (SSSR count). The number of aromatic nitrogens is 2. The van der Waals surface area contributed by atoms with Crippen molar-refractivity contribution in [2.24, 2.45) is 5.92 Å². The van der Waals surface area contributed by atoms with E-state index in [2.05, 4.69) is 20.6 Å². The summed E-state index contributed by atoms with van der Waals surface area (Å²) in [6.07, 6.45) is 2.38. The van der Waals surface area contributed by atoms with E-state index in [0.717, 1.165) is 29.4 Å². The fourth-order valence-electron chi connectivity index (χ4n) is 5.00. The number of allylic oxidation sites excluding steroid dienone is 1. The first-order valence-corrected chi connectivity index (χ1v) is 13.8. The van der Waals surface area contributed by atoms with Crippen LogP contribution >= 0.6 is 23.5 Å². The number of carbonyl (C=O) groups is 4. The molecule has 0 radical (unpaired) electrons. The number of β-lactam (4-membered cyclic amide) rings is 1. The molecule has 0 spiro atoms. The number of hydrogen-bond acceptors (Lipinski definition) is 7. The van der Waals surface area contributed by atoms with Gasteiger partial charge in [0, 0.05) is 17.9 Å². The number of aliphatic carboxylic acids is 1. The molecule has 188 valence electrons. The topological polar surface area (TPSA) is 144 Å². The Kier molecular flexibility index (Phi) is 7.47. The van der Waals surface area contributed by atoms with E-state index in [9.17, 15) is 24.3 Å². The minimum absolute atomic E-state index is 0. The van der Waals surface area contributed by atoms with E-state index < -0.39 is 23.3 Å². The molecule has 1 aromatic carbocycles. The van der Waals surface area contributed by atoms with Gasteiger partial charge in [-0.2, -0.15) is 0 Å². The van der Waals surface area contributed by atoms with Gasteiger partial charge in [0.05, 0.1) is 16.8 Å². The van der Waals surface area contributed by atoms with Gasteiger partial charge in [0.2, 0.25) is 11.8 Å². The molecular formula is C24H24N5NaO5S2. The molecule has 13 heteroatoms. The van der Waals surface area contributed by atoms with Gasteiger partial charge in [-0.3, -0.25) is 19.3 Å². The molecule has 3 amide bonds. The Morgan fingerprint density at radius 1 is 1.24 bits per heavy atom. The summed E-state index contributed by atoms with van der Waals surface area (Å²) >= 11 is 2.66. The number of hydrogen-bond donors (Lipinski definition) is 4. The van der Waals surface area contributed by atoms with Gasteiger partial charge < -0.3 is 20.7 Å². The van der Waals surface area contributed by atoms with Crippen molar-refractivity contribution in [1.82, 2.24) is 25.5 Å². The van der Waals surface area contributed by atoms with Crippen LogP contribution in [0.15, 0.2) is 51.8 Å². The zero-order chi connectivity index (χ0) is 25.0. The van der Waals surface area contributed by atoms with Crippen LogP contribution in [0.5, 0.6) is 0 Å². The average molecular weight is 550 g/mol. The molecular weight excluding hydrogens is 525 g/mol. The summed E-state index contributed by atoms with van der Waals surface area (Å²) in [6.45, 7) is 0.540. The molecule has 2 saturated heterocycles. The van der Waals surface area contributed by atoms with Gasteiger partial charge in [-0.15, -0.1) is 11.8 Å². The quantitative estimate of drug-likeness (QED) is 0.173. The summed E-state index contributed by atoms with van der Waals surface area (Å²) in [7, 11) is 0. The number of carbonyl (C=O) groups excluding carboxylic acids is 3. The standard InChI is InChI=1S/C24H23N5O5S2.Na.H/c30-16(10-36-24-26-14-3-1-2-4-15(14)27-24)28-18-21(32)29-19(23(33)34)13(9-35-22(18)29)17(11-5-6-11)12-7-8-25-20(12)31;;/h1-4,11,18,22H,5-10H2,(H,25,31)(H,26,27)(H,28,30)(H,33,34);;/t18-,22-;;/m1../s1. The van der Waals surface area contributed by atoms with Gasteiger partial charge >= 0.3 is 35.5 Å². The second-order valence-corrected chi connectivity index (χ2v) is 11.2. The third kappa shape index (κ3) is 4.85. The van der Waals surface area contributed by atoms with Crippen molar-refractivity contribution in [3.8, 4) is 0 Å². The van der Waals surface area contributed by atoms with Gasteiger partial charge in [-0.25, -0.2) is 9.78 Å². The third-order valence-electron chi connectivity index (χ3n) is 6.77. The van der Waals surface area contributed by atoms with Crippen molar-refractivity contribution in [3.63, 3.8) is 0 Å². The molecule has 1 aliphatic carbocycles. The van der Waals surface area contributed by atoms with E-state index in [-0.39, 0.29) is 58.7 Å². The van der Waals surface area contributed by atoms with E-state index in [0.29, 0.717) is 35.0 Å². The molecule has 4 aliphatic rings. The van der Waals surface area contributed by atoms with Crippen LogP contribution < -0.4 is 10.6 Å². The summed E-state index contributed by atoms with van der Waals surface area (Å²) in [6, 6.07) is 6.78. The average Bonchev–Trinajstić information content (AvgIpc) is 3.47. The minimum atomic E-state index is -1.19. The van der Waals surface area contributed by atoms with E-state index in [1.807, 2.05) is 24.3 Å². The Bertz CT molecular complexity index is 1350. The van der Waals surface area contributed by atoms with Crippen LogP contribution in [0.4, 0.5) is 0 Å². The van der Waals surface area contributed by atoms with Crippen molar-refractivity contribution in [2.45, 2.75) is 35.8 Å². The van der Waals surface area contributed by atoms with E-state index in [1.54, 1.807) is 0 Å². The third-order valence-corrected chi connectivity index (χ3v) is 8.92. The predicted molar refractivity (Wildman–Crippen MR) is 141 cm³/mol. The number of amides is 3. The van der Waals surface area contributed by atoms with Gasteiger partial charge in [0.25, 0.3) is 5.91 Å². The second kappa shape index (κ2) is 10.5. The molecule has 1 saturated carbocycles. The number of fused-ring (bicyclic) bond motifs is 2. The van der Waals surface area contributed by atoms with Crippen LogP contribution in [-0.2, 0) is 19.2 Å². The number of carboxylic acid groups (broad SMARTS) is 1. The monoisotopic (exact) mass is 549 g/mol. The van der Waals surface area contributed by atoms with Crippen LogP contribution in [0.3, 0.4) is 0 Å². The van der Waals surface area contributed by atoms with Gasteiger partial charge in [-0.1, -0.05) is 23.9 Å². The van der Waals surface area contributed by atoms with Crippen LogP contribution in [0, 0.1) is 5.92 Å². The number of thioether (sulfide) groups is 2. The molecule has 2 aromatic rings. The Hall–Kier alpha value is -2.25. The zero-order valence-corrected chi connectivity index (χ0v) is 20.7.